The van der Waals surface area contributed by atoms with E-state index in [1.54, 1.807) is 7.11 Å². The van der Waals surface area contributed by atoms with Crippen molar-refractivity contribution in [3.63, 3.8) is 0 Å². The summed E-state index contributed by atoms with van der Waals surface area (Å²) in [5, 5.41) is 8.73. The first-order valence-electron chi connectivity index (χ1n) is 9.53. The van der Waals surface area contributed by atoms with Gasteiger partial charge in [-0.05, 0) is 57.0 Å². The summed E-state index contributed by atoms with van der Waals surface area (Å²) in [4.78, 5) is 6.88. The lowest BCUT2D eigenvalue weighted by molar-refractivity contribution is 0.0891. The van der Waals surface area contributed by atoms with Gasteiger partial charge in [0.05, 0.1) is 17.7 Å². The molecule has 6 heteroatoms. The Morgan fingerprint density at radius 1 is 1.22 bits per heavy atom. The monoisotopic (exact) mass is 366 g/mol. The summed E-state index contributed by atoms with van der Waals surface area (Å²) in [6, 6.07) is 10.2. The number of anilines is 1. The molecule has 0 saturated carbocycles. The maximum Gasteiger partial charge on any atom is 0.129 e. The van der Waals surface area contributed by atoms with Crippen molar-refractivity contribution in [3.05, 3.63) is 36.5 Å². The number of fused-ring (bicyclic) bond motifs is 1. The zero-order valence-corrected chi connectivity index (χ0v) is 16.1. The number of nitrogens with zero attached hydrogens (tertiary/aromatic N) is 3. The highest BCUT2D eigenvalue weighted by molar-refractivity contribution is 5.94. The fourth-order valence-electron chi connectivity index (χ4n) is 3.64. The summed E-state index contributed by atoms with van der Waals surface area (Å²) < 4.78 is 11.4. The molecule has 0 aliphatic carbocycles. The quantitative estimate of drug-likeness (QED) is 0.739. The van der Waals surface area contributed by atoms with Crippen molar-refractivity contribution in [1.29, 1.82) is 0 Å². The van der Waals surface area contributed by atoms with E-state index >= 15 is 0 Å². The molecule has 0 amide bonds. The Labute approximate surface area is 159 Å². The van der Waals surface area contributed by atoms with Crippen LogP contribution in [0.4, 0.5) is 5.82 Å². The number of hydrogen-bond acceptors (Lipinski definition) is 5. The normalized spacial score (nSPS) is 17.6. The minimum atomic E-state index is 0.137. The number of H-pyrrole nitrogens is 1. The first-order valence-corrected chi connectivity index (χ1v) is 9.53. The topological polar surface area (TPSA) is 63.3 Å². The second-order valence-electron chi connectivity index (χ2n) is 7.29. The number of aromatic amines is 1. The highest BCUT2D eigenvalue weighted by Gasteiger charge is 2.21. The van der Waals surface area contributed by atoms with Crippen molar-refractivity contribution in [2.45, 2.75) is 38.9 Å². The van der Waals surface area contributed by atoms with Gasteiger partial charge in [-0.25, -0.2) is 4.98 Å². The van der Waals surface area contributed by atoms with E-state index in [1.807, 2.05) is 38.2 Å². The molecule has 6 nitrogen and oxygen atoms in total. The van der Waals surface area contributed by atoms with E-state index < -0.39 is 0 Å². The van der Waals surface area contributed by atoms with Crippen molar-refractivity contribution >= 4 is 16.7 Å². The maximum absolute atomic E-state index is 5.85. The van der Waals surface area contributed by atoms with Gasteiger partial charge in [-0.1, -0.05) is 0 Å². The summed E-state index contributed by atoms with van der Waals surface area (Å²) in [7, 11) is 1.78. The SMILES string of the molecule is COC1CCCN(c2cc(-c3n[nH]c4ccc(OC(C)C)cc34)ccn2)C1. The molecule has 1 N–H and O–H groups in total. The molecule has 142 valence electrons. The van der Waals surface area contributed by atoms with Gasteiger partial charge in [-0.2, -0.15) is 5.10 Å². The first-order chi connectivity index (χ1) is 13.1. The molecule has 1 aliphatic heterocycles. The van der Waals surface area contributed by atoms with Crippen LogP contribution in [0.3, 0.4) is 0 Å². The fourth-order valence-corrected chi connectivity index (χ4v) is 3.64. The molecule has 0 spiro atoms. The van der Waals surface area contributed by atoms with Crippen LogP contribution in [0.15, 0.2) is 36.5 Å². The Balaban J connectivity index is 1.67. The van der Waals surface area contributed by atoms with Crippen molar-refractivity contribution in [2.24, 2.45) is 0 Å². The number of ether oxygens (including phenoxy) is 2. The molecule has 27 heavy (non-hydrogen) atoms. The maximum atomic E-state index is 5.85. The molecule has 1 aliphatic rings. The molecule has 3 heterocycles. The van der Waals surface area contributed by atoms with Gasteiger partial charge >= 0.3 is 0 Å². The van der Waals surface area contributed by atoms with Crippen molar-refractivity contribution in [2.75, 3.05) is 25.1 Å². The van der Waals surface area contributed by atoms with Gasteiger partial charge in [0.15, 0.2) is 0 Å². The molecule has 4 rings (SSSR count). The van der Waals surface area contributed by atoms with E-state index in [2.05, 4.69) is 32.2 Å². The highest BCUT2D eigenvalue weighted by Crippen LogP contribution is 2.31. The van der Waals surface area contributed by atoms with E-state index in [0.717, 1.165) is 59.7 Å². The number of rotatable bonds is 5. The van der Waals surface area contributed by atoms with Crippen LogP contribution in [0.2, 0.25) is 0 Å². The standard InChI is InChI=1S/C21H26N4O2/c1-14(2)27-16-6-7-19-18(12-16)21(24-23-19)15-8-9-22-20(11-15)25-10-4-5-17(13-25)26-3/h6-9,11-12,14,17H,4-5,10,13H2,1-3H3,(H,23,24). The fraction of sp³-hybridized carbons (Fsp3) is 0.429. The molecule has 2 aromatic heterocycles. The molecule has 1 unspecified atom stereocenters. The smallest absolute Gasteiger partial charge is 0.129 e. The number of nitrogens with one attached hydrogen (secondary N) is 1. The third-order valence-corrected chi connectivity index (χ3v) is 4.96. The van der Waals surface area contributed by atoms with E-state index in [9.17, 15) is 0 Å². The number of aromatic nitrogens is 3. The lowest BCUT2D eigenvalue weighted by Gasteiger charge is -2.32. The lowest BCUT2D eigenvalue weighted by Crippen LogP contribution is -2.39. The molecule has 0 radical (unpaired) electrons. The van der Waals surface area contributed by atoms with Crippen LogP contribution in [-0.4, -0.2) is 47.6 Å². The van der Waals surface area contributed by atoms with Gasteiger partial charge in [0, 0.05) is 37.3 Å². The van der Waals surface area contributed by atoms with Crippen LogP contribution >= 0.6 is 0 Å². The number of hydrogen-bond donors (Lipinski definition) is 1. The minimum absolute atomic E-state index is 0.137. The predicted molar refractivity (Wildman–Crippen MR) is 107 cm³/mol. The molecule has 1 aromatic carbocycles. The summed E-state index contributed by atoms with van der Waals surface area (Å²) in [6.07, 6.45) is 4.49. The van der Waals surface area contributed by atoms with Crippen molar-refractivity contribution < 1.29 is 9.47 Å². The summed E-state index contributed by atoms with van der Waals surface area (Å²) in [5.74, 6) is 1.83. The predicted octanol–water partition coefficient (Wildman–Crippen LogP) is 4.03. The van der Waals surface area contributed by atoms with Crippen LogP contribution in [0.1, 0.15) is 26.7 Å². The highest BCUT2D eigenvalue weighted by atomic mass is 16.5. The van der Waals surface area contributed by atoms with Crippen LogP contribution in [0.5, 0.6) is 5.75 Å². The third kappa shape index (κ3) is 3.76. The van der Waals surface area contributed by atoms with Gasteiger partial charge in [-0.3, -0.25) is 5.10 Å². The Kier molecular flexibility index (Phi) is 4.99. The van der Waals surface area contributed by atoms with E-state index in [-0.39, 0.29) is 12.2 Å². The minimum Gasteiger partial charge on any atom is -0.491 e. The van der Waals surface area contributed by atoms with Crippen LogP contribution in [-0.2, 0) is 4.74 Å². The van der Waals surface area contributed by atoms with Crippen LogP contribution < -0.4 is 9.64 Å². The molecule has 3 aromatic rings. The van der Waals surface area contributed by atoms with Gasteiger partial charge in [0.25, 0.3) is 0 Å². The average molecular weight is 366 g/mol. The molecule has 0 bridgehead atoms. The largest absolute Gasteiger partial charge is 0.491 e. The number of benzene rings is 1. The summed E-state index contributed by atoms with van der Waals surface area (Å²) in [5.41, 5.74) is 2.97. The number of pyridine rings is 1. The zero-order chi connectivity index (χ0) is 18.8. The molecule has 1 saturated heterocycles. The number of piperidine rings is 1. The average Bonchev–Trinajstić information content (AvgIpc) is 3.11. The van der Waals surface area contributed by atoms with Gasteiger partial charge in [0.2, 0.25) is 0 Å². The first kappa shape index (κ1) is 17.8. The Hall–Kier alpha value is -2.60. The van der Waals surface area contributed by atoms with E-state index in [1.165, 1.54) is 0 Å². The molecule has 1 atom stereocenters. The zero-order valence-electron chi connectivity index (χ0n) is 16.1. The van der Waals surface area contributed by atoms with Crippen molar-refractivity contribution in [3.8, 4) is 17.0 Å². The van der Waals surface area contributed by atoms with E-state index in [4.69, 9.17) is 9.47 Å². The van der Waals surface area contributed by atoms with Gasteiger partial charge in [-0.15, -0.1) is 0 Å². The summed E-state index contributed by atoms with van der Waals surface area (Å²) in [6.45, 7) is 5.94. The Morgan fingerprint density at radius 2 is 2.11 bits per heavy atom. The lowest BCUT2D eigenvalue weighted by atomic mass is 10.1. The Bertz CT molecular complexity index is 921. The van der Waals surface area contributed by atoms with Crippen LogP contribution in [0.25, 0.3) is 22.2 Å². The molecular weight excluding hydrogens is 340 g/mol. The van der Waals surface area contributed by atoms with Gasteiger partial charge < -0.3 is 14.4 Å². The van der Waals surface area contributed by atoms with E-state index in [0.29, 0.717) is 0 Å². The second kappa shape index (κ2) is 7.56. The van der Waals surface area contributed by atoms with Crippen molar-refractivity contribution in [1.82, 2.24) is 15.2 Å². The third-order valence-electron chi connectivity index (χ3n) is 4.96. The second-order valence-corrected chi connectivity index (χ2v) is 7.29. The molecule has 1 fully saturated rings. The Morgan fingerprint density at radius 3 is 2.93 bits per heavy atom. The number of methoxy groups -OCH3 is 1. The van der Waals surface area contributed by atoms with Crippen LogP contribution in [0, 0.1) is 0 Å². The summed E-state index contributed by atoms with van der Waals surface area (Å²) >= 11 is 0. The van der Waals surface area contributed by atoms with Gasteiger partial charge in [0.1, 0.15) is 17.3 Å². The molecular formula is C21H26N4O2.